The van der Waals surface area contributed by atoms with E-state index in [1.807, 2.05) is 0 Å². The van der Waals surface area contributed by atoms with Gasteiger partial charge in [0.25, 0.3) is 0 Å². The number of aliphatic carboxylic acids is 1. The molecule has 12 heavy (non-hydrogen) atoms. The van der Waals surface area contributed by atoms with Crippen molar-refractivity contribution in [1.82, 2.24) is 0 Å². The predicted molar refractivity (Wildman–Crippen MR) is 43.5 cm³/mol. The molecule has 1 N–H and O–H groups in total. The normalized spacial score (nSPS) is 53.5. The maximum absolute atomic E-state index is 10.8. The second kappa shape index (κ2) is 1.93. The summed E-state index contributed by atoms with van der Waals surface area (Å²) in [6.45, 7) is 0. The number of carbonyl (C=O) groups is 1. The van der Waals surface area contributed by atoms with Crippen LogP contribution in [0, 0.1) is 29.6 Å². The highest BCUT2D eigenvalue weighted by atomic mass is 16.4. The summed E-state index contributed by atoms with van der Waals surface area (Å²) in [5.41, 5.74) is 0. The van der Waals surface area contributed by atoms with Gasteiger partial charge in [0.1, 0.15) is 0 Å². The van der Waals surface area contributed by atoms with Gasteiger partial charge >= 0.3 is 5.97 Å². The van der Waals surface area contributed by atoms with Gasteiger partial charge in [-0.1, -0.05) is 12.2 Å². The Labute approximate surface area is 71.3 Å². The van der Waals surface area contributed by atoms with Gasteiger partial charge in [0.15, 0.2) is 0 Å². The zero-order valence-electron chi connectivity index (χ0n) is 6.81. The number of hydrogen-bond acceptors (Lipinski definition) is 1. The quantitative estimate of drug-likeness (QED) is 0.597. The van der Waals surface area contributed by atoms with E-state index in [0.29, 0.717) is 11.8 Å². The molecule has 0 aromatic carbocycles. The zero-order chi connectivity index (χ0) is 8.29. The molecule has 0 aliphatic heterocycles. The highest BCUT2D eigenvalue weighted by Crippen LogP contribution is 2.66. The lowest BCUT2D eigenvalue weighted by Crippen LogP contribution is -2.17. The van der Waals surface area contributed by atoms with Crippen LogP contribution in [-0.4, -0.2) is 11.1 Å². The molecule has 0 radical (unpaired) electrons. The van der Waals surface area contributed by atoms with Gasteiger partial charge in [-0.3, -0.25) is 4.79 Å². The van der Waals surface area contributed by atoms with Gasteiger partial charge in [-0.2, -0.15) is 0 Å². The second-order valence-corrected chi connectivity index (χ2v) is 4.33. The summed E-state index contributed by atoms with van der Waals surface area (Å²) in [5.74, 6) is 2.03. The van der Waals surface area contributed by atoms with Crippen molar-refractivity contribution in [2.75, 3.05) is 0 Å². The van der Waals surface area contributed by atoms with E-state index < -0.39 is 5.97 Å². The molecular weight excluding hydrogens is 152 g/mol. The molecule has 0 aromatic heterocycles. The SMILES string of the molecule is O=C(O)C1CC2C=CCC3C2C13. The van der Waals surface area contributed by atoms with Crippen LogP contribution in [0.3, 0.4) is 0 Å². The van der Waals surface area contributed by atoms with E-state index in [4.69, 9.17) is 5.11 Å². The minimum Gasteiger partial charge on any atom is -0.481 e. The molecule has 0 aromatic rings. The Kier molecular flexibility index (Phi) is 1.07. The van der Waals surface area contributed by atoms with Gasteiger partial charge in [0.05, 0.1) is 5.92 Å². The third kappa shape index (κ3) is 0.637. The lowest BCUT2D eigenvalue weighted by molar-refractivity contribution is -0.142. The molecule has 64 valence electrons. The summed E-state index contributed by atoms with van der Waals surface area (Å²) < 4.78 is 0. The Balaban J connectivity index is 1.90. The van der Waals surface area contributed by atoms with Crippen molar-refractivity contribution < 1.29 is 9.90 Å². The van der Waals surface area contributed by atoms with Crippen LogP contribution in [-0.2, 0) is 4.79 Å². The van der Waals surface area contributed by atoms with Crippen molar-refractivity contribution in [2.24, 2.45) is 29.6 Å². The van der Waals surface area contributed by atoms with E-state index in [1.165, 1.54) is 0 Å². The van der Waals surface area contributed by atoms with Crippen LogP contribution in [0.5, 0.6) is 0 Å². The summed E-state index contributed by atoms with van der Waals surface area (Å²) in [5, 5.41) is 8.94. The molecule has 5 unspecified atom stereocenters. The van der Waals surface area contributed by atoms with Gasteiger partial charge in [-0.15, -0.1) is 0 Å². The summed E-state index contributed by atoms with van der Waals surface area (Å²) in [7, 11) is 0. The molecule has 0 saturated heterocycles. The fraction of sp³-hybridized carbons (Fsp3) is 0.700. The average Bonchev–Trinajstić information content (AvgIpc) is 2.56. The van der Waals surface area contributed by atoms with E-state index in [2.05, 4.69) is 12.2 Å². The molecule has 0 amide bonds. The molecule has 3 aliphatic carbocycles. The summed E-state index contributed by atoms with van der Waals surface area (Å²) in [6.07, 6.45) is 6.52. The Morgan fingerprint density at radius 1 is 1.42 bits per heavy atom. The minimum atomic E-state index is -0.565. The first-order valence-corrected chi connectivity index (χ1v) is 4.68. The third-order valence-electron chi connectivity index (χ3n) is 3.89. The lowest BCUT2D eigenvalue weighted by atomic mass is 9.88. The van der Waals surface area contributed by atoms with Crippen molar-refractivity contribution in [3.63, 3.8) is 0 Å². The number of hydrogen-bond donors (Lipinski definition) is 1. The van der Waals surface area contributed by atoms with Gasteiger partial charge in [0, 0.05) is 0 Å². The van der Waals surface area contributed by atoms with Crippen molar-refractivity contribution >= 4 is 5.97 Å². The number of carboxylic acids is 1. The van der Waals surface area contributed by atoms with Crippen molar-refractivity contribution in [3.05, 3.63) is 12.2 Å². The Morgan fingerprint density at radius 3 is 2.83 bits per heavy atom. The molecule has 2 heteroatoms. The second-order valence-electron chi connectivity index (χ2n) is 4.33. The lowest BCUT2D eigenvalue weighted by Gasteiger charge is -2.16. The van der Waals surface area contributed by atoms with Gasteiger partial charge in [-0.25, -0.2) is 0 Å². The molecule has 0 spiro atoms. The third-order valence-corrected chi connectivity index (χ3v) is 3.89. The number of rotatable bonds is 1. The van der Waals surface area contributed by atoms with Crippen LogP contribution in [0.25, 0.3) is 0 Å². The molecule has 2 saturated carbocycles. The zero-order valence-corrected chi connectivity index (χ0v) is 6.81. The molecule has 2 nitrogen and oxygen atoms in total. The summed E-state index contributed by atoms with van der Waals surface area (Å²) in [4.78, 5) is 10.8. The smallest absolute Gasteiger partial charge is 0.306 e. The molecule has 0 heterocycles. The van der Waals surface area contributed by atoms with Gasteiger partial charge in [0.2, 0.25) is 0 Å². The topological polar surface area (TPSA) is 37.3 Å². The highest BCUT2D eigenvalue weighted by molar-refractivity contribution is 5.72. The number of allylic oxidation sites excluding steroid dienone is 2. The molecular formula is C10H12O2. The van der Waals surface area contributed by atoms with E-state index in [0.717, 1.165) is 24.7 Å². The van der Waals surface area contributed by atoms with E-state index in [1.54, 1.807) is 0 Å². The predicted octanol–water partition coefficient (Wildman–Crippen LogP) is 1.53. The maximum Gasteiger partial charge on any atom is 0.306 e. The van der Waals surface area contributed by atoms with Crippen LogP contribution < -0.4 is 0 Å². The van der Waals surface area contributed by atoms with Crippen LogP contribution in [0.2, 0.25) is 0 Å². The number of fused-ring (bicyclic) bond motifs is 1. The Hall–Kier alpha value is -0.790. The van der Waals surface area contributed by atoms with Crippen LogP contribution in [0.1, 0.15) is 12.8 Å². The Morgan fingerprint density at radius 2 is 2.25 bits per heavy atom. The standard InChI is InChI=1S/C10H12O2/c11-10(12)7-4-5-2-1-3-6-8(5)9(6)7/h1-2,5-9H,3-4H2,(H,11,12). The van der Waals surface area contributed by atoms with E-state index >= 15 is 0 Å². The largest absolute Gasteiger partial charge is 0.481 e. The highest BCUT2D eigenvalue weighted by Gasteiger charge is 2.64. The van der Waals surface area contributed by atoms with Crippen molar-refractivity contribution in [1.29, 1.82) is 0 Å². The van der Waals surface area contributed by atoms with Crippen LogP contribution >= 0.6 is 0 Å². The summed E-state index contributed by atoms with van der Waals surface area (Å²) >= 11 is 0. The van der Waals surface area contributed by atoms with E-state index in [-0.39, 0.29) is 5.92 Å². The minimum absolute atomic E-state index is 0.0186. The van der Waals surface area contributed by atoms with Crippen molar-refractivity contribution in [2.45, 2.75) is 12.8 Å². The molecule has 3 aliphatic rings. The summed E-state index contributed by atoms with van der Waals surface area (Å²) in [6, 6.07) is 0. The van der Waals surface area contributed by atoms with Crippen LogP contribution in [0.4, 0.5) is 0 Å². The molecule has 0 bridgehead atoms. The fourth-order valence-corrected chi connectivity index (χ4v) is 3.40. The van der Waals surface area contributed by atoms with E-state index in [9.17, 15) is 4.79 Å². The van der Waals surface area contributed by atoms with Gasteiger partial charge in [-0.05, 0) is 36.5 Å². The monoisotopic (exact) mass is 164 g/mol. The first-order valence-electron chi connectivity index (χ1n) is 4.68. The Bertz CT molecular complexity index is 269. The van der Waals surface area contributed by atoms with Crippen molar-refractivity contribution in [3.8, 4) is 0 Å². The maximum atomic E-state index is 10.8. The fourth-order valence-electron chi connectivity index (χ4n) is 3.40. The molecule has 3 rings (SSSR count). The first kappa shape index (κ1) is 6.70. The van der Waals surface area contributed by atoms with Crippen LogP contribution in [0.15, 0.2) is 12.2 Å². The number of carboxylic acid groups (broad SMARTS) is 1. The first-order chi connectivity index (χ1) is 5.79. The van der Waals surface area contributed by atoms with Gasteiger partial charge < -0.3 is 5.11 Å². The molecule has 5 atom stereocenters. The average molecular weight is 164 g/mol. The molecule has 2 fully saturated rings.